The van der Waals surface area contributed by atoms with Gasteiger partial charge in [-0.1, -0.05) is 0 Å². The number of fused-ring (bicyclic) bond motifs is 1. The lowest BCUT2D eigenvalue weighted by molar-refractivity contribution is -0.128. The lowest BCUT2D eigenvalue weighted by Crippen LogP contribution is -2.39. The molecule has 2 fully saturated rings. The highest BCUT2D eigenvalue weighted by molar-refractivity contribution is 6.11. The van der Waals surface area contributed by atoms with Gasteiger partial charge in [-0.25, -0.2) is 23.3 Å². The van der Waals surface area contributed by atoms with Crippen LogP contribution in [-0.4, -0.2) is 62.5 Å². The van der Waals surface area contributed by atoms with E-state index in [1.165, 1.54) is 6.07 Å². The van der Waals surface area contributed by atoms with Crippen molar-refractivity contribution in [3.05, 3.63) is 41.9 Å². The maximum atomic E-state index is 14.6. The lowest BCUT2D eigenvalue weighted by Gasteiger charge is -2.35. The van der Waals surface area contributed by atoms with Crippen LogP contribution in [0, 0.1) is 17.6 Å². The highest BCUT2D eigenvalue weighted by atomic mass is 19.1. The van der Waals surface area contributed by atoms with Crippen LogP contribution in [-0.2, 0) is 4.79 Å². The van der Waals surface area contributed by atoms with Gasteiger partial charge in [-0.3, -0.25) is 9.59 Å². The summed E-state index contributed by atoms with van der Waals surface area (Å²) in [5.41, 5.74) is 6.25. The molecule has 0 saturated carbocycles. The fourth-order valence-corrected chi connectivity index (χ4v) is 4.63. The van der Waals surface area contributed by atoms with Crippen LogP contribution in [0.5, 0.6) is 0 Å². The Bertz CT molecular complexity index is 1260. The van der Waals surface area contributed by atoms with Crippen molar-refractivity contribution in [3.63, 3.8) is 0 Å². The minimum Gasteiger partial charge on any atom is -0.381 e. The predicted octanol–water partition coefficient (Wildman–Crippen LogP) is 2.08. The molecule has 2 aliphatic heterocycles. The van der Waals surface area contributed by atoms with E-state index in [1.54, 1.807) is 0 Å². The van der Waals surface area contributed by atoms with Gasteiger partial charge < -0.3 is 20.9 Å². The van der Waals surface area contributed by atoms with Crippen LogP contribution in [0.4, 0.5) is 26.1 Å². The number of nitrogens with two attached hydrogens (primary N) is 1. The first-order valence-corrected chi connectivity index (χ1v) is 11.2. The van der Waals surface area contributed by atoms with E-state index in [0.29, 0.717) is 31.1 Å². The summed E-state index contributed by atoms with van der Waals surface area (Å²) in [6.07, 6.45) is 6.32. The summed E-state index contributed by atoms with van der Waals surface area (Å²) in [4.78, 5) is 36.4. The number of hydrogen-bond acceptors (Lipinski definition) is 7. The van der Waals surface area contributed by atoms with Gasteiger partial charge in [0, 0.05) is 38.7 Å². The molecule has 34 heavy (non-hydrogen) atoms. The Hall–Kier alpha value is -3.83. The van der Waals surface area contributed by atoms with E-state index in [2.05, 4.69) is 20.4 Å². The molecule has 5 rings (SSSR count). The SMILES string of the molecule is Nc1nn2cc(F)cnc2c1C(=O)Nc1cc(N2CCC(CN3CCCC3=O)CC2)c(F)cn1. The maximum Gasteiger partial charge on any atom is 0.264 e. The van der Waals surface area contributed by atoms with Crippen molar-refractivity contribution in [1.29, 1.82) is 0 Å². The minimum absolute atomic E-state index is 0.0232. The zero-order valence-electron chi connectivity index (χ0n) is 18.4. The van der Waals surface area contributed by atoms with E-state index in [-0.39, 0.29) is 28.8 Å². The molecule has 3 aromatic rings. The number of piperidine rings is 1. The molecule has 0 radical (unpaired) electrons. The Morgan fingerprint density at radius 3 is 2.71 bits per heavy atom. The third kappa shape index (κ3) is 4.22. The number of hydrogen-bond donors (Lipinski definition) is 2. The maximum absolute atomic E-state index is 14.6. The van der Waals surface area contributed by atoms with Crippen LogP contribution in [0.1, 0.15) is 36.0 Å². The summed E-state index contributed by atoms with van der Waals surface area (Å²) in [5, 5.41) is 6.51. The van der Waals surface area contributed by atoms with E-state index in [0.717, 1.165) is 55.5 Å². The van der Waals surface area contributed by atoms with E-state index < -0.39 is 17.5 Å². The average molecular weight is 470 g/mol. The first kappa shape index (κ1) is 22.0. The molecule has 178 valence electrons. The number of rotatable bonds is 5. The normalized spacial score (nSPS) is 17.1. The molecule has 3 aromatic heterocycles. The largest absolute Gasteiger partial charge is 0.381 e. The van der Waals surface area contributed by atoms with Gasteiger partial charge in [0.1, 0.15) is 11.4 Å². The Kier molecular flexibility index (Phi) is 5.72. The Morgan fingerprint density at radius 2 is 1.97 bits per heavy atom. The summed E-state index contributed by atoms with van der Waals surface area (Å²) >= 11 is 0. The smallest absolute Gasteiger partial charge is 0.264 e. The van der Waals surface area contributed by atoms with Gasteiger partial charge in [0.25, 0.3) is 5.91 Å². The van der Waals surface area contributed by atoms with Crippen molar-refractivity contribution in [2.24, 2.45) is 5.92 Å². The van der Waals surface area contributed by atoms with Crippen molar-refractivity contribution >= 4 is 34.8 Å². The molecule has 0 bridgehead atoms. The van der Waals surface area contributed by atoms with Crippen LogP contribution in [0.15, 0.2) is 24.7 Å². The number of carbonyl (C=O) groups is 2. The number of likely N-dealkylation sites (tertiary alicyclic amines) is 1. The molecule has 0 atom stereocenters. The van der Waals surface area contributed by atoms with Crippen molar-refractivity contribution in [2.75, 3.05) is 42.1 Å². The third-order valence-electron chi connectivity index (χ3n) is 6.38. The molecule has 0 unspecified atom stereocenters. The second kappa shape index (κ2) is 8.84. The molecular weight excluding hydrogens is 446 g/mol. The van der Waals surface area contributed by atoms with E-state index in [4.69, 9.17) is 5.73 Å². The molecule has 0 aliphatic carbocycles. The third-order valence-corrected chi connectivity index (χ3v) is 6.38. The Labute approximate surface area is 193 Å². The first-order valence-electron chi connectivity index (χ1n) is 11.2. The zero-order valence-corrected chi connectivity index (χ0v) is 18.4. The first-order chi connectivity index (χ1) is 16.4. The van der Waals surface area contributed by atoms with Crippen LogP contribution < -0.4 is 16.0 Å². The molecule has 5 heterocycles. The molecule has 2 amide bonds. The molecule has 0 spiro atoms. The van der Waals surface area contributed by atoms with Crippen LogP contribution in [0.25, 0.3) is 5.65 Å². The molecule has 2 saturated heterocycles. The number of halogens is 2. The fraction of sp³-hybridized carbons (Fsp3) is 0.409. The predicted molar refractivity (Wildman–Crippen MR) is 120 cm³/mol. The summed E-state index contributed by atoms with van der Waals surface area (Å²) in [7, 11) is 0. The number of nitrogen functional groups attached to an aromatic ring is 1. The second-order valence-corrected chi connectivity index (χ2v) is 8.65. The van der Waals surface area contributed by atoms with Crippen molar-refractivity contribution < 1.29 is 18.4 Å². The number of nitrogens with zero attached hydrogens (tertiary/aromatic N) is 6. The fourth-order valence-electron chi connectivity index (χ4n) is 4.63. The monoisotopic (exact) mass is 470 g/mol. The van der Waals surface area contributed by atoms with Gasteiger partial charge >= 0.3 is 0 Å². The molecule has 2 aliphatic rings. The molecule has 3 N–H and O–H groups in total. The summed E-state index contributed by atoms with van der Waals surface area (Å²) in [5.74, 6) is -1.11. The molecule has 10 nitrogen and oxygen atoms in total. The topological polar surface area (TPSA) is 122 Å². The number of aromatic nitrogens is 4. The number of pyridine rings is 1. The summed E-state index contributed by atoms with van der Waals surface area (Å²) in [6.45, 7) is 2.85. The number of carbonyl (C=O) groups excluding carboxylic acids is 2. The van der Waals surface area contributed by atoms with E-state index >= 15 is 0 Å². The van der Waals surface area contributed by atoms with Gasteiger partial charge in [0.2, 0.25) is 5.91 Å². The number of anilines is 3. The van der Waals surface area contributed by atoms with Crippen LogP contribution in [0.2, 0.25) is 0 Å². The quantitative estimate of drug-likeness (QED) is 0.585. The van der Waals surface area contributed by atoms with Gasteiger partial charge in [0.15, 0.2) is 23.1 Å². The number of nitrogens with one attached hydrogen (secondary N) is 1. The average Bonchev–Trinajstić information content (AvgIpc) is 3.36. The molecule has 12 heteroatoms. The lowest BCUT2D eigenvalue weighted by atomic mass is 9.96. The standard InChI is InChI=1S/C22H24F2N8O2/c23-14-9-27-21-19(20(25)29-32(21)12-14)22(34)28-17-8-16(15(24)10-26-17)30-6-3-13(4-7-30)11-31-5-1-2-18(31)33/h8-10,12-13H,1-7,11H2,(H2,25,29)(H,26,28,34). The highest BCUT2D eigenvalue weighted by Gasteiger charge is 2.28. The zero-order chi connectivity index (χ0) is 23.8. The van der Waals surface area contributed by atoms with E-state index in [9.17, 15) is 18.4 Å². The molecular formula is C22H24F2N8O2. The second-order valence-electron chi connectivity index (χ2n) is 8.65. The van der Waals surface area contributed by atoms with Crippen molar-refractivity contribution in [1.82, 2.24) is 24.5 Å². The summed E-state index contributed by atoms with van der Waals surface area (Å²) < 4.78 is 29.1. The van der Waals surface area contributed by atoms with Crippen LogP contribution >= 0.6 is 0 Å². The van der Waals surface area contributed by atoms with Crippen molar-refractivity contribution in [3.8, 4) is 0 Å². The number of amides is 2. The Morgan fingerprint density at radius 1 is 1.18 bits per heavy atom. The van der Waals surface area contributed by atoms with E-state index in [1.807, 2.05) is 9.80 Å². The highest BCUT2D eigenvalue weighted by Crippen LogP contribution is 2.29. The van der Waals surface area contributed by atoms with Gasteiger partial charge in [-0.15, -0.1) is 5.10 Å². The van der Waals surface area contributed by atoms with Gasteiger partial charge in [0.05, 0.1) is 24.3 Å². The summed E-state index contributed by atoms with van der Waals surface area (Å²) in [6, 6.07) is 1.48. The van der Waals surface area contributed by atoms with Gasteiger partial charge in [-0.05, 0) is 25.2 Å². The van der Waals surface area contributed by atoms with Crippen LogP contribution in [0.3, 0.4) is 0 Å². The molecule has 0 aromatic carbocycles. The van der Waals surface area contributed by atoms with Gasteiger partial charge in [-0.2, -0.15) is 0 Å². The Balaban J connectivity index is 1.28. The van der Waals surface area contributed by atoms with Crippen molar-refractivity contribution in [2.45, 2.75) is 25.7 Å². The minimum atomic E-state index is -0.634.